The van der Waals surface area contributed by atoms with Crippen LogP contribution in [0.5, 0.6) is 0 Å². The molecule has 0 radical (unpaired) electrons. The highest BCUT2D eigenvalue weighted by Crippen LogP contribution is 2.17. The maximum absolute atomic E-state index is 12.8. The van der Waals surface area contributed by atoms with Crippen molar-refractivity contribution in [2.24, 2.45) is 0 Å². The van der Waals surface area contributed by atoms with Crippen LogP contribution in [0.15, 0.2) is 48.8 Å². The molecule has 1 saturated heterocycles. The van der Waals surface area contributed by atoms with Crippen molar-refractivity contribution < 1.29 is 4.79 Å². The summed E-state index contributed by atoms with van der Waals surface area (Å²) in [7, 11) is 0. The van der Waals surface area contributed by atoms with Crippen LogP contribution in [-0.4, -0.2) is 57.0 Å². The van der Waals surface area contributed by atoms with Gasteiger partial charge in [0.25, 0.3) is 5.91 Å². The number of aromatic nitrogens is 4. The van der Waals surface area contributed by atoms with Crippen molar-refractivity contribution in [3.05, 3.63) is 65.5 Å². The highest BCUT2D eigenvalue weighted by molar-refractivity contribution is 5.94. The van der Waals surface area contributed by atoms with Crippen LogP contribution in [0.1, 0.15) is 21.5 Å². The van der Waals surface area contributed by atoms with Gasteiger partial charge < -0.3 is 9.80 Å². The first-order chi connectivity index (χ1) is 13.1. The molecule has 1 aliphatic heterocycles. The van der Waals surface area contributed by atoms with Gasteiger partial charge in [-0.1, -0.05) is 6.07 Å². The van der Waals surface area contributed by atoms with Gasteiger partial charge in [-0.25, -0.2) is 4.68 Å². The van der Waals surface area contributed by atoms with E-state index in [1.165, 1.54) is 5.56 Å². The molecule has 1 aliphatic rings. The molecule has 1 amide bonds. The number of amides is 1. The van der Waals surface area contributed by atoms with Crippen LogP contribution in [0.4, 0.5) is 5.82 Å². The van der Waals surface area contributed by atoms with E-state index in [4.69, 9.17) is 0 Å². The quantitative estimate of drug-likeness (QED) is 0.715. The van der Waals surface area contributed by atoms with Gasteiger partial charge in [-0.15, -0.1) is 10.2 Å². The summed E-state index contributed by atoms with van der Waals surface area (Å²) in [6, 6.07) is 11.6. The molecule has 0 atom stereocenters. The van der Waals surface area contributed by atoms with Gasteiger partial charge in [0.2, 0.25) is 0 Å². The van der Waals surface area contributed by atoms with Crippen LogP contribution in [0.3, 0.4) is 0 Å². The van der Waals surface area contributed by atoms with E-state index in [1.807, 2.05) is 54.4 Å². The first-order valence-electron chi connectivity index (χ1n) is 9.07. The number of benzene rings is 1. The Kier molecular flexibility index (Phi) is 4.58. The maximum Gasteiger partial charge on any atom is 0.253 e. The molecule has 7 heteroatoms. The Bertz CT molecular complexity index is 928. The van der Waals surface area contributed by atoms with Crippen LogP contribution in [0.25, 0.3) is 5.82 Å². The summed E-state index contributed by atoms with van der Waals surface area (Å²) >= 11 is 0. The number of rotatable bonds is 3. The Morgan fingerprint density at radius 2 is 1.67 bits per heavy atom. The van der Waals surface area contributed by atoms with Crippen molar-refractivity contribution in [3.63, 3.8) is 0 Å². The second kappa shape index (κ2) is 7.19. The normalized spacial score (nSPS) is 14.4. The fourth-order valence-electron chi connectivity index (χ4n) is 3.21. The number of anilines is 1. The molecule has 2 aromatic heterocycles. The van der Waals surface area contributed by atoms with E-state index in [0.717, 1.165) is 30.0 Å². The lowest BCUT2D eigenvalue weighted by Gasteiger charge is -2.35. The molecule has 1 fully saturated rings. The fourth-order valence-corrected chi connectivity index (χ4v) is 3.21. The lowest BCUT2D eigenvalue weighted by atomic mass is 10.1. The Morgan fingerprint density at radius 1 is 0.926 bits per heavy atom. The molecule has 0 unspecified atom stereocenters. The zero-order valence-electron chi connectivity index (χ0n) is 15.5. The topological polar surface area (TPSA) is 67.2 Å². The minimum absolute atomic E-state index is 0.0952. The van der Waals surface area contributed by atoms with Crippen LogP contribution in [0, 0.1) is 13.8 Å². The second-order valence-corrected chi connectivity index (χ2v) is 6.78. The molecule has 1 aromatic carbocycles. The van der Waals surface area contributed by atoms with E-state index in [1.54, 1.807) is 10.9 Å². The molecule has 0 bridgehead atoms. The molecule has 4 rings (SSSR count). The van der Waals surface area contributed by atoms with Crippen LogP contribution in [-0.2, 0) is 0 Å². The maximum atomic E-state index is 12.8. The van der Waals surface area contributed by atoms with Crippen molar-refractivity contribution in [2.45, 2.75) is 13.8 Å². The van der Waals surface area contributed by atoms with E-state index in [-0.39, 0.29) is 5.91 Å². The number of nitrogens with zero attached hydrogens (tertiary/aromatic N) is 6. The summed E-state index contributed by atoms with van der Waals surface area (Å²) in [5, 5.41) is 12.7. The summed E-state index contributed by atoms with van der Waals surface area (Å²) in [5.74, 6) is 1.61. The first-order valence-corrected chi connectivity index (χ1v) is 9.07. The van der Waals surface area contributed by atoms with Crippen molar-refractivity contribution >= 4 is 11.7 Å². The SMILES string of the molecule is Cc1ccc(C(=O)N2CCN(c3ccc(-n4cccn4)nn3)CC2)cc1C. The average Bonchev–Trinajstić information content (AvgIpc) is 3.25. The Labute approximate surface area is 158 Å². The molecule has 0 spiro atoms. The predicted molar refractivity (Wildman–Crippen MR) is 103 cm³/mol. The first kappa shape index (κ1) is 17.2. The third-order valence-electron chi connectivity index (χ3n) is 5.02. The molecule has 0 N–H and O–H groups in total. The van der Waals surface area contributed by atoms with Gasteiger partial charge in [-0.05, 0) is 55.3 Å². The molecule has 3 heterocycles. The van der Waals surface area contributed by atoms with E-state index >= 15 is 0 Å². The monoisotopic (exact) mass is 362 g/mol. The van der Waals surface area contributed by atoms with Crippen LogP contribution >= 0.6 is 0 Å². The molecule has 0 aliphatic carbocycles. The zero-order chi connectivity index (χ0) is 18.8. The van der Waals surface area contributed by atoms with Gasteiger partial charge in [0.15, 0.2) is 11.6 Å². The molecular formula is C20H22N6O. The van der Waals surface area contributed by atoms with Crippen molar-refractivity contribution in [2.75, 3.05) is 31.1 Å². The van der Waals surface area contributed by atoms with E-state index in [2.05, 4.69) is 27.1 Å². The zero-order valence-corrected chi connectivity index (χ0v) is 15.5. The average molecular weight is 362 g/mol. The van der Waals surface area contributed by atoms with Crippen LogP contribution in [0.2, 0.25) is 0 Å². The molecule has 0 saturated carbocycles. The van der Waals surface area contributed by atoms with Gasteiger partial charge in [0.05, 0.1) is 0 Å². The van der Waals surface area contributed by atoms with Gasteiger partial charge >= 0.3 is 0 Å². The number of piperazine rings is 1. The number of aryl methyl sites for hydroxylation is 2. The van der Waals surface area contributed by atoms with Gasteiger partial charge in [-0.2, -0.15) is 5.10 Å². The lowest BCUT2D eigenvalue weighted by Crippen LogP contribution is -2.49. The molecule has 3 aromatic rings. The Hall–Kier alpha value is -3.22. The largest absolute Gasteiger partial charge is 0.352 e. The standard InChI is InChI=1S/C20H22N6O/c1-15-4-5-17(14-16(15)2)20(27)25-12-10-24(11-13-25)18-6-7-19(23-22-18)26-9-3-8-21-26/h3-9,14H,10-13H2,1-2H3. The minimum Gasteiger partial charge on any atom is -0.352 e. The third-order valence-corrected chi connectivity index (χ3v) is 5.02. The summed E-state index contributed by atoms with van der Waals surface area (Å²) < 4.78 is 1.68. The Morgan fingerprint density at radius 3 is 2.30 bits per heavy atom. The number of hydrogen-bond acceptors (Lipinski definition) is 5. The van der Waals surface area contributed by atoms with Gasteiger partial charge in [-0.3, -0.25) is 4.79 Å². The number of hydrogen-bond donors (Lipinski definition) is 0. The van der Waals surface area contributed by atoms with Crippen LogP contribution < -0.4 is 4.90 Å². The minimum atomic E-state index is 0.0952. The molecule has 138 valence electrons. The molecule has 27 heavy (non-hydrogen) atoms. The number of carbonyl (C=O) groups excluding carboxylic acids is 1. The molecule has 7 nitrogen and oxygen atoms in total. The smallest absolute Gasteiger partial charge is 0.253 e. The van der Waals surface area contributed by atoms with Crippen molar-refractivity contribution in [3.8, 4) is 5.82 Å². The summed E-state index contributed by atoms with van der Waals surface area (Å²) in [6.07, 6.45) is 3.54. The van der Waals surface area contributed by atoms with E-state index < -0.39 is 0 Å². The summed E-state index contributed by atoms with van der Waals surface area (Å²) in [5.41, 5.74) is 3.11. The van der Waals surface area contributed by atoms with Gasteiger partial charge in [0, 0.05) is 44.1 Å². The Balaban J connectivity index is 1.39. The summed E-state index contributed by atoms with van der Waals surface area (Å²) in [6.45, 7) is 6.93. The second-order valence-electron chi connectivity index (χ2n) is 6.78. The van der Waals surface area contributed by atoms with Crippen molar-refractivity contribution in [1.29, 1.82) is 0 Å². The molecular weight excluding hydrogens is 340 g/mol. The highest BCUT2D eigenvalue weighted by Gasteiger charge is 2.23. The summed E-state index contributed by atoms with van der Waals surface area (Å²) in [4.78, 5) is 16.8. The predicted octanol–water partition coefficient (Wildman–Crippen LogP) is 2.24. The fraction of sp³-hybridized carbons (Fsp3) is 0.300. The van der Waals surface area contributed by atoms with E-state index in [9.17, 15) is 4.79 Å². The van der Waals surface area contributed by atoms with Crippen molar-refractivity contribution in [1.82, 2.24) is 24.9 Å². The number of carbonyl (C=O) groups is 1. The van der Waals surface area contributed by atoms with Gasteiger partial charge in [0.1, 0.15) is 0 Å². The van der Waals surface area contributed by atoms with E-state index in [0.29, 0.717) is 18.9 Å². The lowest BCUT2D eigenvalue weighted by molar-refractivity contribution is 0.0746. The third kappa shape index (κ3) is 3.53. The highest BCUT2D eigenvalue weighted by atomic mass is 16.2.